The molecule has 13 heavy (non-hydrogen) atoms. The normalized spacial score (nSPS) is 11.5. The summed E-state index contributed by atoms with van der Waals surface area (Å²) in [5.74, 6) is 0. The molecule has 0 saturated carbocycles. The summed E-state index contributed by atoms with van der Waals surface area (Å²) >= 11 is 0. The van der Waals surface area contributed by atoms with Crippen LogP contribution in [0.25, 0.3) is 0 Å². The van der Waals surface area contributed by atoms with Crippen LogP contribution in [0, 0.1) is 0 Å². The molecule has 5 heteroatoms. The van der Waals surface area contributed by atoms with Crippen LogP contribution in [0.1, 0.15) is 40.5 Å². The van der Waals surface area contributed by atoms with Crippen LogP contribution in [0.3, 0.4) is 0 Å². The van der Waals surface area contributed by atoms with E-state index in [4.69, 9.17) is 4.55 Å². The summed E-state index contributed by atoms with van der Waals surface area (Å²) in [7, 11) is -3.90. The summed E-state index contributed by atoms with van der Waals surface area (Å²) in [6.45, 7) is 2.12. The van der Waals surface area contributed by atoms with Crippen LogP contribution in [0.15, 0.2) is 11.5 Å². The van der Waals surface area contributed by atoms with Gasteiger partial charge < -0.3 is 1.43 Å². The Balaban J connectivity index is -0.000000605. The molecule has 0 fully saturated rings. The van der Waals surface area contributed by atoms with Gasteiger partial charge in [0.2, 0.25) is 0 Å². The van der Waals surface area contributed by atoms with Gasteiger partial charge in [-0.2, -0.15) is 8.42 Å². The van der Waals surface area contributed by atoms with Crippen LogP contribution in [0.2, 0.25) is 0 Å². The monoisotopic (exact) mass is 216 g/mol. The number of rotatable bonds is 6. The SMILES string of the molecule is CCCCCCC=CS(=O)(=O)O.[H-].[Na+]. The third-order valence-corrected chi connectivity index (χ3v) is 2.03. The molecule has 0 radical (unpaired) electrons. The second-order valence-electron chi connectivity index (χ2n) is 2.74. The van der Waals surface area contributed by atoms with Gasteiger partial charge in [-0.3, -0.25) is 4.55 Å². The van der Waals surface area contributed by atoms with Gasteiger partial charge in [0.05, 0.1) is 5.41 Å². The van der Waals surface area contributed by atoms with E-state index in [1.165, 1.54) is 18.9 Å². The van der Waals surface area contributed by atoms with Gasteiger partial charge in [-0.05, 0) is 12.8 Å². The van der Waals surface area contributed by atoms with Crippen LogP contribution in [-0.4, -0.2) is 13.0 Å². The summed E-state index contributed by atoms with van der Waals surface area (Å²) < 4.78 is 28.7. The van der Waals surface area contributed by atoms with Crippen molar-refractivity contribution in [3.63, 3.8) is 0 Å². The first kappa shape index (κ1) is 16.1. The third kappa shape index (κ3) is 15.4. The van der Waals surface area contributed by atoms with Crippen LogP contribution < -0.4 is 29.6 Å². The van der Waals surface area contributed by atoms with Crippen LogP contribution in [0.5, 0.6) is 0 Å². The maximum atomic E-state index is 10.2. The van der Waals surface area contributed by atoms with E-state index in [1.54, 1.807) is 0 Å². The smallest absolute Gasteiger partial charge is 1.00 e. The van der Waals surface area contributed by atoms with Gasteiger partial charge in [-0.1, -0.05) is 32.3 Å². The Morgan fingerprint density at radius 2 is 1.92 bits per heavy atom. The molecule has 0 aromatic heterocycles. The Morgan fingerprint density at radius 1 is 1.31 bits per heavy atom. The van der Waals surface area contributed by atoms with Gasteiger partial charge in [-0.15, -0.1) is 0 Å². The van der Waals surface area contributed by atoms with Crippen molar-refractivity contribution >= 4 is 10.1 Å². The maximum Gasteiger partial charge on any atom is 1.00 e. The first-order chi connectivity index (χ1) is 5.56. The minimum atomic E-state index is -3.90. The average molecular weight is 216 g/mol. The molecular formula is C8H17NaO3S. The number of unbranched alkanes of at least 4 members (excludes halogenated alkanes) is 4. The Morgan fingerprint density at radius 3 is 2.38 bits per heavy atom. The van der Waals surface area contributed by atoms with Crippen molar-refractivity contribution in [3.05, 3.63) is 11.5 Å². The van der Waals surface area contributed by atoms with Gasteiger partial charge in [-0.25, -0.2) is 0 Å². The molecule has 3 nitrogen and oxygen atoms in total. The fourth-order valence-electron chi connectivity index (χ4n) is 0.879. The van der Waals surface area contributed by atoms with Crippen molar-refractivity contribution in [1.29, 1.82) is 0 Å². The molecule has 0 aromatic carbocycles. The van der Waals surface area contributed by atoms with Crippen LogP contribution in [0.4, 0.5) is 0 Å². The van der Waals surface area contributed by atoms with Crippen molar-refractivity contribution < 1.29 is 44.0 Å². The fourth-order valence-corrected chi connectivity index (χ4v) is 1.26. The molecule has 0 aliphatic heterocycles. The van der Waals surface area contributed by atoms with Crippen LogP contribution in [-0.2, 0) is 10.1 Å². The van der Waals surface area contributed by atoms with Crippen LogP contribution >= 0.6 is 0 Å². The number of allylic oxidation sites excluding steroid dienone is 1. The largest absolute Gasteiger partial charge is 1.00 e. The summed E-state index contributed by atoms with van der Waals surface area (Å²) in [4.78, 5) is 0. The van der Waals surface area contributed by atoms with Gasteiger partial charge in [0, 0.05) is 0 Å². The molecule has 0 aromatic rings. The quantitative estimate of drug-likeness (QED) is 0.369. The molecule has 0 heterocycles. The molecular weight excluding hydrogens is 199 g/mol. The minimum absolute atomic E-state index is 0. The van der Waals surface area contributed by atoms with Gasteiger partial charge in [0.1, 0.15) is 0 Å². The third-order valence-electron chi connectivity index (χ3n) is 1.49. The molecule has 0 amide bonds. The van der Waals surface area contributed by atoms with Crippen molar-refractivity contribution in [2.24, 2.45) is 0 Å². The molecule has 74 valence electrons. The van der Waals surface area contributed by atoms with E-state index >= 15 is 0 Å². The predicted molar refractivity (Wildman–Crippen MR) is 50.6 cm³/mol. The molecule has 0 spiro atoms. The van der Waals surface area contributed by atoms with E-state index in [9.17, 15) is 8.42 Å². The Kier molecular flexibility index (Phi) is 11.4. The van der Waals surface area contributed by atoms with E-state index in [0.29, 0.717) is 0 Å². The predicted octanol–water partition coefficient (Wildman–Crippen LogP) is -0.525. The second-order valence-corrected chi connectivity index (χ2v) is 4.04. The molecule has 0 bridgehead atoms. The Labute approximate surface area is 104 Å². The minimum Gasteiger partial charge on any atom is -1.00 e. The molecule has 1 N–H and O–H groups in total. The molecule has 0 atom stereocenters. The summed E-state index contributed by atoms with van der Waals surface area (Å²) in [5, 5.41) is 0.846. The van der Waals surface area contributed by atoms with E-state index in [-0.39, 0.29) is 31.0 Å². The van der Waals surface area contributed by atoms with E-state index < -0.39 is 10.1 Å². The van der Waals surface area contributed by atoms with E-state index in [1.807, 2.05) is 0 Å². The number of hydrogen-bond donors (Lipinski definition) is 1. The summed E-state index contributed by atoms with van der Waals surface area (Å²) in [6, 6.07) is 0. The zero-order valence-electron chi connectivity index (χ0n) is 9.36. The Hall–Kier alpha value is 0.650. The molecule has 0 saturated heterocycles. The topological polar surface area (TPSA) is 54.4 Å². The van der Waals surface area contributed by atoms with Crippen molar-refractivity contribution in [3.8, 4) is 0 Å². The molecule has 0 aliphatic rings. The molecule has 0 aliphatic carbocycles. The van der Waals surface area contributed by atoms with Gasteiger partial charge in [0.15, 0.2) is 0 Å². The van der Waals surface area contributed by atoms with E-state index in [2.05, 4.69) is 6.92 Å². The van der Waals surface area contributed by atoms with Crippen molar-refractivity contribution in [2.75, 3.05) is 0 Å². The second kappa shape index (κ2) is 9.21. The fraction of sp³-hybridized carbons (Fsp3) is 0.750. The maximum absolute atomic E-state index is 10.2. The summed E-state index contributed by atoms with van der Waals surface area (Å²) in [5.41, 5.74) is 0. The Bertz CT molecular complexity index is 227. The summed E-state index contributed by atoms with van der Waals surface area (Å²) in [6.07, 6.45) is 6.67. The van der Waals surface area contributed by atoms with Gasteiger partial charge >= 0.3 is 29.6 Å². The molecule has 0 rings (SSSR count). The van der Waals surface area contributed by atoms with Crippen molar-refractivity contribution in [2.45, 2.75) is 39.0 Å². The first-order valence-electron chi connectivity index (χ1n) is 4.20. The van der Waals surface area contributed by atoms with Crippen molar-refractivity contribution in [1.82, 2.24) is 0 Å². The zero-order chi connectivity index (χ0) is 9.45. The van der Waals surface area contributed by atoms with E-state index in [0.717, 1.165) is 24.7 Å². The van der Waals surface area contributed by atoms with Gasteiger partial charge in [0.25, 0.3) is 10.1 Å². The number of hydrogen-bond acceptors (Lipinski definition) is 2. The zero-order valence-corrected chi connectivity index (χ0v) is 11.2. The molecule has 0 unspecified atom stereocenters. The first-order valence-corrected chi connectivity index (χ1v) is 5.70. The average Bonchev–Trinajstić information content (AvgIpc) is 1.94. The standard InChI is InChI=1S/C8H16O3S.Na.H/c1-2-3-4-5-6-7-8-12(9,10)11;;/h7-8H,2-6H2,1H3,(H,9,10,11);;/q;+1;-1.